The quantitative estimate of drug-likeness (QED) is 0.736. The number of halogens is 2. The number of hydrogen-bond donors (Lipinski definition) is 1. The smallest absolute Gasteiger partial charge is 0.335 e. The molecule has 0 spiro atoms. The predicted molar refractivity (Wildman–Crippen MR) is 96.4 cm³/mol. The highest BCUT2D eigenvalue weighted by Crippen LogP contribution is 2.07. The van der Waals surface area contributed by atoms with Gasteiger partial charge < -0.3 is 9.84 Å². The van der Waals surface area contributed by atoms with E-state index in [2.05, 4.69) is 0 Å². The number of hydrogen-bond acceptors (Lipinski definition) is 2. The summed E-state index contributed by atoms with van der Waals surface area (Å²) in [6.07, 6.45) is 0. The first kappa shape index (κ1) is 21.4. The molecule has 3 nitrogen and oxygen atoms in total. The van der Waals surface area contributed by atoms with Crippen LogP contribution >= 0.6 is 23.2 Å². The van der Waals surface area contributed by atoms with Crippen molar-refractivity contribution < 1.29 is 14.6 Å². The molecule has 0 heterocycles. The van der Waals surface area contributed by atoms with Gasteiger partial charge in [-0.25, -0.2) is 4.79 Å². The average Bonchev–Trinajstić information content (AvgIpc) is 2.56. The molecule has 0 aromatic heterocycles. The van der Waals surface area contributed by atoms with Gasteiger partial charge in [0.15, 0.2) is 0 Å². The van der Waals surface area contributed by atoms with Gasteiger partial charge in [0.05, 0.1) is 12.2 Å². The fourth-order valence-electron chi connectivity index (χ4n) is 1.63. The minimum absolute atomic E-state index is 0. The molecule has 0 amide bonds. The second kappa shape index (κ2) is 11.9. The number of ether oxygens (including phenoxy) is 1. The normalized spacial score (nSPS) is 9.35. The Morgan fingerprint density at radius 1 is 0.913 bits per heavy atom. The van der Waals surface area contributed by atoms with Gasteiger partial charge in [-0.1, -0.05) is 43.8 Å². The largest absolute Gasteiger partial charge is 0.478 e. The number of methoxy groups -OCH3 is 1. The van der Waals surface area contributed by atoms with E-state index in [-0.39, 0.29) is 7.43 Å². The molecule has 0 atom stereocenters. The van der Waals surface area contributed by atoms with Gasteiger partial charge in [0, 0.05) is 18.9 Å². The highest BCUT2D eigenvalue weighted by molar-refractivity contribution is 6.17. The topological polar surface area (TPSA) is 46.5 Å². The van der Waals surface area contributed by atoms with Gasteiger partial charge in [-0.05, 0) is 28.8 Å². The van der Waals surface area contributed by atoms with Crippen molar-refractivity contribution in [1.29, 1.82) is 0 Å². The third-order valence-corrected chi connectivity index (χ3v) is 3.46. The van der Waals surface area contributed by atoms with Gasteiger partial charge in [-0.15, -0.1) is 23.2 Å². The zero-order valence-electron chi connectivity index (χ0n) is 12.3. The molecule has 0 aliphatic carbocycles. The molecule has 23 heavy (non-hydrogen) atoms. The number of rotatable bonds is 5. The van der Waals surface area contributed by atoms with E-state index >= 15 is 0 Å². The molecule has 0 unspecified atom stereocenters. The lowest BCUT2D eigenvalue weighted by molar-refractivity contribution is 0.0697. The van der Waals surface area contributed by atoms with E-state index < -0.39 is 5.97 Å². The van der Waals surface area contributed by atoms with Gasteiger partial charge in [0.1, 0.15) is 0 Å². The Balaban J connectivity index is 0.000000403. The lowest BCUT2D eigenvalue weighted by Gasteiger charge is -1.99. The van der Waals surface area contributed by atoms with Crippen molar-refractivity contribution in [2.75, 3.05) is 7.11 Å². The number of carboxylic acids is 1. The summed E-state index contributed by atoms with van der Waals surface area (Å²) in [4.78, 5) is 10.4. The minimum Gasteiger partial charge on any atom is -0.478 e. The summed E-state index contributed by atoms with van der Waals surface area (Å²) in [5.41, 5.74) is 3.54. The lowest BCUT2D eigenvalue weighted by Crippen LogP contribution is -1.95. The van der Waals surface area contributed by atoms with Crippen LogP contribution < -0.4 is 0 Å². The van der Waals surface area contributed by atoms with Crippen molar-refractivity contribution in [1.82, 2.24) is 0 Å². The molecule has 0 saturated heterocycles. The molecule has 0 aliphatic rings. The third kappa shape index (κ3) is 8.03. The van der Waals surface area contributed by atoms with Crippen molar-refractivity contribution in [3.05, 3.63) is 70.8 Å². The van der Waals surface area contributed by atoms with Crippen LogP contribution in [-0.2, 0) is 23.1 Å². The molecule has 2 rings (SSSR count). The maximum atomic E-state index is 10.4. The van der Waals surface area contributed by atoms with E-state index in [1.807, 2.05) is 24.3 Å². The van der Waals surface area contributed by atoms with Crippen molar-refractivity contribution in [2.24, 2.45) is 0 Å². The van der Waals surface area contributed by atoms with Crippen LogP contribution in [0.3, 0.4) is 0 Å². The van der Waals surface area contributed by atoms with Crippen LogP contribution in [0.15, 0.2) is 48.5 Å². The van der Waals surface area contributed by atoms with Crippen molar-refractivity contribution in [3.8, 4) is 0 Å². The number of aromatic carboxylic acids is 1. The molecule has 0 radical (unpaired) electrons. The van der Waals surface area contributed by atoms with Crippen LogP contribution in [0, 0.1) is 0 Å². The van der Waals surface area contributed by atoms with Crippen molar-refractivity contribution >= 4 is 29.2 Å². The summed E-state index contributed by atoms with van der Waals surface area (Å²) < 4.78 is 4.97. The molecule has 1 N–H and O–H groups in total. The van der Waals surface area contributed by atoms with Gasteiger partial charge in [0.2, 0.25) is 0 Å². The summed E-state index contributed by atoms with van der Waals surface area (Å²) in [7, 11) is 1.69. The fraction of sp³-hybridized carbons (Fsp3) is 0.278. The fourth-order valence-corrected chi connectivity index (χ4v) is 1.98. The van der Waals surface area contributed by atoms with Gasteiger partial charge in [-0.3, -0.25) is 0 Å². The maximum Gasteiger partial charge on any atom is 0.335 e. The summed E-state index contributed by atoms with van der Waals surface area (Å²) in [5.74, 6) is 0.0822. The van der Waals surface area contributed by atoms with Crippen LogP contribution in [0.1, 0.15) is 34.5 Å². The highest BCUT2D eigenvalue weighted by Gasteiger charge is 2.00. The van der Waals surface area contributed by atoms with Crippen molar-refractivity contribution in [2.45, 2.75) is 25.8 Å². The van der Waals surface area contributed by atoms with Crippen LogP contribution in [0.5, 0.6) is 0 Å². The molecule has 0 bridgehead atoms. The third-order valence-electron chi connectivity index (χ3n) is 2.84. The molecular weight excluding hydrogens is 335 g/mol. The summed E-state index contributed by atoms with van der Waals surface area (Å²) in [6.45, 7) is 0.669. The number of benzene rings is 2. The van der Waals surface area contributed by atoms with Crippen LogP contribution in [0.2, 0.25) is 0 Å². The zero-order chi connectivity index (χ0) is 16.4. The SMILES string of the molecule is C.COCc1ccc(CCl)cc1.O=C(O)c1ccc(CCl)cc1. The van der Waals surface area contributed by atoms with E-state index in [0.29, 0.717) is 23.9 Å². The Bertz CT molecular complexity index is 566. The van der Waals surface area contributed by atoms with Gasteiger partial charge >= 0.3 is 5.97 Å². The van der Waals surface area contributed by atoms with E-state index in [9.17, 15) is 4.79 Å². The Hall–Kier alpha value is -1.55. The summed E-state index contributed by atoms with van der Waals surface area (Å²) in [6, 6.07) is 14.6. The second-order valence-corrected chi connectivity index (χ2v) is 5.05. The minimum atomic E-state index is -0.911. The molecule has 0 saturated carbocycles. The molecule has 0 fully saturated rings. The molecule has 2 aromatic carbocycles. The van der Waals surface area contributed by atoms with Crippen LogP contribution in [0.25, 0.3) is 0 Å². The first-order chi connectivity index (χ1) is 10.6. The highest BCUT2D eigenvalue weighted by atomic mass is 35.5. The maximum absolute atomic E-state index is 10.4. The number of carboxylic acid groups (broad SMARTS) is 1. The molecule has 126 valence electrons. The average molecular weight is 357 g/mol. The molecule has 5 heteroatoms. The Morgan fingerprint density at radius 2 is 1.30 bits per heavy atom. The van der Waals surface area contributed by atoms with Gasteiger partial charge in [-0.2, -0.15) is 0 Å². The van der Waals surface area contributed by atoms with E-state index in [0.717, 1.165) is 11.1 Å². The number of carbonyl (C=O) groups is 1. The summed E-state index contributed by atoms with van der Waals surface area (Å²) in [5, 5.41) is 8.52. The van der Waals surface area contributed by atoms with Crippen LogP contribution in [-0.4, -0.2) is 18.2 Å². The standard InChI is InChI=1S/C9H11ClO.C8H7ClO2.CH4/c1-11-7-9-4-2-8(6-10)3-5-9;9-5-6-1-3-7(4-2-6)8(10)11;/h2-5H,6-7H2,1H3;1-4H,5H2,(H,10,11);1H4. The Labute approximate surface area is 147 Å². The zero-order valence-corrected chi connectivity index (χ0v) is 13.8. The Kier molecular flexibility index (Phi) is 11.1. The van der Waals surface area contributed by atoms with E-state index in [1.54, 1.807) is 31.4 Å². The lowest BCUT2D eigenvalue weighted by atomic mass is 10.1. The number of alkyl halides is 2. The van der Waals surface area contributed by atoms with Crippen LogP contribution in [0.4, 0.5) is 0 Å². The first-order valence-electron chi connectivity index (χ1n) is 6.61. The predicted octanol–water partition coefficient (Wildman–Crippen LogP) is 5.33. The van der Waals surface area contributed by atoms with Crippen molar-refractivity contribution in [3.63, 3.8) is 0 Å². The molecular formula is C18H22Cl2O3. The Morgan fingerprint density at radius 3 is 1.65 bits per heavy atom. The second-order valence-electron chi connectivity index (χ2n) is 4.52. The van der Waals surface area contributed by atoms with E-state index in [1.165, 1.54) is 5.56 Å². The summed E-state index contributed by atoms with van der Waals surface area (Å²) >= 11 is 11.1. The van der Waals surface area contributed by atoms with Gasteiger partial charge in [0.25, 0.3) is 0 Å². The van der Waals surface area contributed by atoms with E-state index in [4.69, 9.17) is 33.0 Å². The monoisotopic (exact) mass is 356 g/mol. The first-order valence-corrected chi connectivity index (χ1v) is 7.68. The molecule has 2 aromatic rings. The molecule has 0 aliphatic heterocycles.